The lowest BCUT2D eigenvalue weighted by Gasteiger charge is -2.36. The van der Waals surface area contributed by atoms with Crippen molar-refractivity contribution in [2.75, 3.05) is 13.2 Å². The van der Waals surface area contributed by atoms with Crippen molar-refractivity contribution in [3.05, 3.63) is 11.6 Å². The van der Waals surface area contributed by atoms with E-state index >= 15 is 0 Å². The molecule has 222 valence electrons. The Bertz CT molecular complexity index is 467. The van der Waals surface area contributed by atoms with E-state index in [1.165, 1.54) is 24.8 Å². The first-order valence-corrected chi connectivity index (χ1v) is 15.1. The molecule has 4 nitrogen and oxygen atoms in total. The van der Waals surface area contributed by atoms with E-state index in [1.54, 1.807) is 0 Å². The molecule has 1 rings (SSSR count). The SMILES string of the molecule is CC.CC.CC(C)CC1=CCC(N)C(C(C)O)C1.CCC(C)CC(C)C(CC)C(C)(C)C.OCCO. The number of nitrogens with two attached hydrogens (primary N) is 1. The molecule has 6 atom stereocenters. The summed E-state index contributed by atoms with van der Waals surface area (Å²) in [5.41, 5.74) is 7.92. The summed E-state index contributed by atoms with van der Waals surface area (Å²) in [4.78, 5) is 0. The van der Waals surface area contributed by atoms with E-state index in [1.807, 2.05) is 34.6 Å². The number of aliphatic hydroxyl groups is 3. The minimum Gasteiger partial charge on any atom is -0.394 e. The van der Waals surface area contributed by atoms with E-state index in [2.05, 4.69) is 68.4 Å². The van der Waals surface area contributed by atoms with Gasteiger partial charge in [0.1, 0.15) is 0 Å². The van der Waals surface area contributed by atoms with Crippen molar-refractivity contribution in [1.82, 2.24) is 0 Å². The third-order valence-electron chi connectivity index (χ3n) is 6.83. The molecule has 0 aromatic rings. The van der Waals surface area contributed by atoms with Crippen molar-refractivity contribution in [3.63, 3.8) is 0 Å². The Labute approximate surface area is 228 Å². The van der Waals surface area contributed by atoms with Gasteiger partial charge >= 0.3 is 0 Å². The first-order valence-electron chi connectivity index (χ1n) is 15.1. The van der Waals surface area contributed by atoms with E-state index in [9.17, 15) is 5.11 Å². The highest BCUT2D eigenvalue weighted by Crippen LogP contribution is 2.37. The lowest BCUT2D eigenvalue weighted by atomic mass is 9.70. The van der Waals surface area contributed by atoms with Crippen LogP contribution in [0.4, 0.5) is 0 Å². The summed E-state index contributed by atoms with van der Waals surface area (Å²) in [6.07, 6.45) is 9.09. The highest BCUT2D eigenvalue weighted by atomic mass is 16.3. The van der Waals surface area contributed by atoms with Gasteiger partial charge in [-0.15, -0.1) is 0 Å². The van der Waals surface area contributed by atoms with Crippen LogP contribution >= 0.6 is 0 Å². The van der Waals surface area contributed by atoms with Crippen molar-refractivity contribution in [1.29, 1.82) is 0 Å². The maximum atomic E-state index is 9.59. The second-order valence-electron chi connectivity index (χ2n) is 11.5. The van der Waals surface area contributed by atoms with Gasteiger partial charge in [-0.25, -0.2) is 0 Å². The molecule has 0 fully saturated rings. The zero-order valence-electron chi connectivity index (χ0n) is 27.2. The third-order valence-corrected chi connectivity index (χ3v) is 6.83. The standard InChI is InChI=1S/C14H30.C12H23NO.C2H6O2.2C2H6/c1-8-11(3)10-12(4)13(9-2)14(5,6)7;1-8(2)6-10-4-5-12(13)11(7-10)9(3)14;3-1-2-4;2*1-2/h11-13H,8-10H2,1-7H3;4,8-9,11-12,14H,5-7,13H2,1-3H3;3-4H,1-2H2;2*1-2H3. The third kappa shape index (κ3) is 22.8. The summed E-state index contributed by atoms with van der Waals surface area (Å²) < 4.78 is 0. The molecule has 0 saturated carbocycles. The molecule has 0 aliphatic heterocycles. The van der Waals surface area contributed by atoms with Gasteiger partial charge in [-0.05, 0) is 61.7 Å². The topological polar surface area (TPSA) is 86.7 Å². The van der Waals surface area contributed by atoms with E-state index in [4.69, 9.17) is 15.9 Å². The summed E-state index contributed by atoms with van der Waals surface area (Å²) in [5, 5.41) is 24.8. The summed E-state index contributed by atoms with van der Waals surface area (Å²) >= 11 is 0. The van der Waals surface area contributed by atoms with Crippen LogP contribution in [-0.2, 0) is 0 Å². The van der Waals surface area contributed by atoms with Gasteiger partial charge in [0.25, 0.3) is 0 Å². The fraction of sp³-hybridized carbons (Fsp3) is 0.938. The Morgan fingerprint density at radius 1 is 0.917 bits per heavy atom. The number of rotatable bonds is 9. The molecule has 0 aromatic heterocycles. The number of hydrogen-bond acceptors (Lipinski definition) is 4. The van der Waals surface area contributed by atoms with E-state index < -0.39 is 0 Å². The zero-order valence-corrected chi connectivity index (χ0v) is 27.2. The second-order valence-corrected chi connectivity index (χ2v) is 11.5. The lowest BCUT2D eigenvalue weighted by molar-refractivity contribution is 0.105. The first kappa shape index (κ1) is 42.7. The Morgan fingerprint density at radius 3 is 1.69 bits per heavy atom. The number of hydrogen-bond donors (Lipinski definition) is 4. The van der Waals surface area contributed by atoms with Crippen molar-refractivity contribution in [3.8, 4) is 0 Å². The van der Waals surface area contributed by atoms with Gasteiger partial charge in [-0.3, -0.25) is 0 Å². The van der Waals surface area contributed by atoms with Crippen LogP contribution < -0.4 is 5.73 Å². The molecule has 6 unspecified atom stereocenters. The molecule has 0 heterocycles. The Balaban J connectivity index is -0.000000221. The number of aliphatic hydroxyl groups excluding tert-OH is 3. The molecule has 4 heteroatoms. The van der Waals surface area contributed by atoms with E-state index in [-0.39, 0.29) is 31.3 Å². The van der Waals surface area contributed by atoms with Crippen LogP contribution in [0.15, 0.2) is 11.6 Å². The summed E-state index contributed by atoms with van der Waals surface area (Å²) in [7, 11) is 0. The van der Waals surface area contributed by atoms with Crippen LogP contribution in [0, 0.1) is 35.0 Å². The Morgan fingerprint density at radius 2 is 1.39 bits per heavy atom. The van der Waals surface area contributed by atoms with Crippen LogP contribution in [-0.4, -0.2) is 40.7 Å². The van der Waals surface area contributed by atoms with Gasteiger partial charge < -0.3 is 21.1 Å². The van der Waals surface area contributed by atoms with Crippen molar-refractivity contribution in [2.45, 2.75) is 148 Å². The van der Waals surface area contributed by atoms with Gasteiger partial charge in [-0.1, -0.05) is 114 Å². The Kier molecular flexibility index (Phi) is 31.0. The minimum atomic E-state index is -0.277. The lowest BCUT2D eigenvalue weighted by Crippen LogP contribution is -2.38. The normalized spacial score (nSPS) is 20.4. The minimum absolute atomic E-state index is 0.125. The zero-order chi connectivity index (χ0) is 29.5. The maximum absolute atomic E-state index is 9.59. The molecule has 0 radical (unpaired) electrons. The maximum Gasteiger partial charge on any atom is 0.0662 e. The molecule has 1 aliphatic carbocycles. The predicted molar refractivity (Wildman–Crippen MR) is 163 cm³/mol. The second kappa shape index (κ2) is 26.2. The molecular weight excluding hydrogens is 446 g/mol. The molecule has 0 aromatic carbocycles. The molecule has 0 saturated heterocycles. The van der Waals surface area contributed by atoms with Gasteiger partial charge in [0.15, 0.2) is 0 Å². The molecule has 5 N–H and O–H groups in total. The van der Waals surface area contributed by atoms with Gasteiger partial charge in [-0.2, -0.15) is 0 Å². The largest absolute Gasteiger partial charge is 0.394 e. The quantitative estimate of drug-likeness (QED) is 0.232. The van der Waals surface area contributed by atoms with Gasteiger partial charge in [0, 0.05) is 12.0 Å². The fourth-order valence-electron chi connectivity index (χ4n) is 5.07. The van der Waals surface area contributed by atoms with Crippen LogP contribution in [0.25, 0.3) is 0 Å². The molecule has 36 heavy (non-hydrogen) atoms. The molecular formula is C32H71NO3. The fourth-order valence-corrected chi connectivity index (χ4v) is 5.07. The molecule has 1 aliphatic rings. The number of allylic oxidation sites excluding steroid dienone is 1. The summed E-state index contributed by atoms with van der Waals surface area (Å²) in [5.74, 6) is 3.59. The van der Waals surface area contributed by atoms with Crippen LogP contribution in [0.3, 0.4) is 0 Å². The van der Waals surface area contributed by atoms with Crippen molar-refractivity contribution >= 4 is 0 Å². The smallest absolute Gasteiger partial charge is 0.0662 e. The van der Waals surface area contributed by atoms with E-state index in [0.717, 1.165) is 37.0 Å². The monoisotopic (exact) mass is 518 g/mol. The highest BCUT2D eigenvalue weighted by Gasteiger charge is 2.28. The van der Waals surface area contributed by atoms with Crippen molar-refractivity contribution < 1.29 is 15.3 Å². The first-order chi connectivity index (χ1) is 16.7. The average Bonchev–Trinajstić information content (AvgIpc) is 2.82. The van der Waals surface area contributed by atoms with Gasteiger partial charge in [0.05, 0.1) is 19.3 Å². The van der Waals surface area contributed by atoms with Crippen LogP contribution in [0.2, 0.25) is 0 Å². The molecule has 0 spiro atoms. The molecule has 0 bridgehead atoms. The summed E-state index contributed by atoms with van der Waals surface area (Å²) in [6.45, 7) is 30.7. The van der Waals surface area contributed by atoms with Crippen LogP contribution in [0.1, 0.15) is 135 Å². The Hall–Kier alpha value is -0.420. The van der Waals surface area contributed by atoms with Gasteiger partial charge in [0.2, 0.25) is 0 Å². The average molecular weight is 518 g/mol. The predicted octanol–water partition coefficient (Wildman–Crippen LogP) is 8.23. The summed E-state index contributed by atoms with van der Waals surface area (Å²) in [6, 6.07) is 0.144. The van der Waals surface area contributed by atoms with Crippen LogP contribution in [0.5, 0.6) is 0 Å². The highest BCUT2D eigenvalue weighted by molar-refractivity contribution is 5.11. The van der Waals surface area contributed by atoms with Crippen molar-refractivity contribution in [2.24, 2.45) is 40.7 Å². The van der Waals surface area contributed by atoms with E-state index in [0.29, 0.717) is 11.3 Å². The molecule has 0 amide bonds.